The third kappa shape index (κ3) is 12.4. The molecule has 4 aromatic rings. The lowest BCUT2D eigenvalue weighted by Gasteiger charge is -2.41. The number of aromatic nitrogens is 3. The van der Waals surface area contributed by atoms with E-state index >= 15 is 0 Å². The molecule has 0 aliphatic carbocycles. The van der Waals surface area contributed by atoms with Gasteiger partial charge in [-0.15, -0.1) is 0 Å². The summed E-state index contributed by atoms with van der Waals surface area (Å²) < 4.78 is 0. The van der Waals surface area contributed by atoms with Crippen molar-refractivity contribution in [3.63, 3.8) is 0 Å². The highest BCUT2D eigenvalue weighted by Crippen LogP contribution is 2.33. The molecule has 0 saturated carbocycles. The summed E-state index contributed by atoms with van der Waals surface area (Å²) in [6.45, 7) is 2.09. The van der Waals surface area contributed by atoms with Crippen molar-refractivity contribution in [2.75, 3.05) is 56.4 Å². The van der Waals surface area contributed by atoms with Crippen LogP contribution in [-0.4, -0.2) is 150 Å². The Morgan fingerprint density at radius 2 is 1.19 bits per heavy atom. The lowest BCUT2D eigenvalue weighted by molar-refractivity contribution is -0.150. The Balaban J connectivity index is 0.768. The third-order valence-corrected chi connectivity index (χ3v) is 14.2. The SMILES string of the molecule is O=C(NC(C(=O)O)C1(O)CCN(C(=O)NCCCc2ccc3c(n2)NCCC3)CC1)c1cccc(C2CCc3ccc(CCCNC(=O)N4CCC(O)(C(NC(=O)c5ccncc5)C(=O)O)CC4)nc3N2)c1. The van der Waals surface area contributed by atoms with E-state index in [0.29, 0.717) is 51.0 Å². The van der Waals surface area contributed by atoms with Crippen LogP contribution in [0.3, 0.4) is 0 Å². The highest BCUT2D eigenvalue weighted by atomic mass is 16.4. The molecule has 3 aromatic heterocycles. The Labute approximate surface area is 416 Å². The van der Waals surface area contributed by atoms with Crippen LogP contribution < -0.4 is 31.9 Å². The van der Waals surface area contributed by atoms with Crippen LogP contribution in [0.1, 0.15) is 106 Å². The number of urea groups is 2. The number of anilines is 2. The molecule has 2 fully saturated rings. The van der Waals surface area contributed by atoms with E-state index in [0.717, 1.165) is 54.1 Å². The molecule has 4 aliphatic heterocycles. The molecule has 0 spiro atoms. The summed E-state index contributed by atoms with van der Waals surface area (Å²) in [6, 6.07) is 13.8. The van der Waals surface area contributed by atoms with Gasteiger partial charge in [0.1, 0.15) is 11.6 Å². The van der Waals surface area contributed by atoms with Crippen LogP contribution in [0.4, 0.5) is 21.2 Å². The summed E-state index contributed by atoms with van der Waals surface area (Å²) in [7, 11) is 0. The van der Waals surface area contributed by atoms with E-state index in [1.54, 1.807) is 23.1 Å². The molecule has 21 heteroatoms. The van der Waals surface area contributed by atoms with Crippen LogP contribution in [0, 0.1) is 0 Å². The number of nitrogens with zero attached hydrogens (tertiary/aromatic N) is 5. The summed E-state index contributed by atoms with van der Waals surface area (Å²) in [5.74, 6) is -2.43. The molecule has 1 aromatic carbocycles. The molecule has 3 atom stereocenters. The zero-order valence-electron chi connectivity index (χ0n) is 40.1. The van der Waals surface area contributed by atoms with Gasteiger partial charge in [-0.05, 0) is 130 Å². The summed E-state index contributed by atoms with van der Waals surface area (Å²) in [5, 5.41) is 60.6. The number of aliphatic carboxylic acids is 2. The first-order valence-electron chi connectivity index (χ1n) is 24.7. The maximum atomic E-state index is 13.6. The van der Waals surface area contributed by atoms with E-state index in [9.17, 15) is 49.2 Å². The van der Waals surface area contributed by atoms with Crippen molar-refractivity contribution in [1.29, 1.82) is 0 Å². The first kappa shape index (κ1) is 51.0. The normalized spacial score (nSPS) is 18.6. The van der Waals surface area contributed by atoms with E-state index in [2.05, 4.69) is 43.0 Å². The number of rotatable bonds is 17. The second-order valence-electron chi connectivity index (χ2n) is 19.1. The number of carboxylic acid groups (broad SMARTS) is 2. The van der Waals surface area contributed by atoms with Gasteiger partial charge in [0.25, 0.3) is 11.8 Å². The highest BCUT2D eigenvalue weighted by Gasteiger charge is 2.47. The van der Waals surface area contributed by atoms with Gasteiger partial charge in [-0.3, -0.25) is 14.6 Å². The second-order valence-corrected chi connectivity index (χ2v) is 19.1. The smallest absolute Gasteiger partial charge is 0.329 e. The predicted octanol–water partition coefficient (Wildman–Crippen LogP) is 3.03. The van der Waals surface area contributed by atoms with Crippen molar-refractivity contribution in [2.45, 2.75) is 106 Å². The number of carbonyl (C=O) groups excluding carboxylic acids is 4. The number of pyridine rings is 3. The van der Waals surface area contributed by atoms with Gasteiger partial charge in [-0.2, -0.15) is 0 Å². The Hall–Kier alpha value is -7.39. The van der Waals surface area contributed by atoms with Gasteiger partial charge in [0.15, 0.2) is 12.1 Å². The lowest BCUT2D eigenvalue weighted by Crippen LogP contribution is -2.62. The molecule has 0 bridgehead atoms. The number of aliphatic hydroxyl groups is 2. The number of likely N-dealkylation sites (tertiary alicyclic amines) is 2. The van der Waals surface area contributed by atoms with E-state index in [-0.39, 0.29) is 81.1 Å². The van der Waals surface area contributed by atoms with Crippen LogP contribution in [0.25, 0.3) is 0 Å². The standard InChI is InChI=1S/C51H63N11O10/c63-44(34-16-25-52-26-17-34)59-40(46(65)66)50(71)18-27-61(28-19-50)49(70)55-24-4-9-38-14-11-33-12-15-39(58-43(33)57-38)35-5-1-6-36(31-35)45(64)60-41(47(67)68)51(72)20-29-62(30-21-51)48(69)54-23-3-8-37-13-10-32-7-2-22-53-42(32)56-37/h1,5-6,10-11,13-14,16-17,25-26,31,39-41,71-72H,2-4,7-9,12,15,18-24,27-30H2,(H,53,56)(H,54,69)(H,55,70)(H,57,58)(H,59,63)(H,60,64)(H,65,66)(H,67,68). The number of nitrogens with one attached hydrogen (secondary N) is 6. The zero-order chi connectivity index (χ0) is 50.8. The van der Waals surface area contributed by atoms with Gasteiger partial charge in [-0.25, -0.2) is 29.1 Å². The molecular formula is C51H63N11O10. The van der Waals surface area contributed by atoms with E-state index in [1.807, 2.05) is 24.3 Å². The van der Waals surface area contributed by atoms with Crippen molar-refractivity contribution in [1.82, 2.24) is 46.0 Å². The minimum absolute atomic E-state index is 0.0414. The van der Waals surface area contributed by atoms with Gasteiger partial charge >= 0.3 is 24.0 Å². The molecule has 10 N–H and O–H groups in total. The monoisotopic (exact) mass is 989 g/mol. The fraction of sp³-hybridized carbons (Fsp3) is 0.471. The van der Waals surface area contributed by atoms with Gasteiger partial charge < -0.3 is 62.1 Å². The molecule has 21 nitrogen and oxygen atoms in total. The van der Waals surface area contributed by atoms with E-state index in [4.69, 9.17) is 9.97 Å². The predicted molar refractivity (Wildman–Crippen MR) is 263 cm³/mol. The van der Waals surface area contributed by atoms with Gasteiger partial charge in [0.2, 0.25) is 0 Å². The van der Waals surface area contributed by atoms with E-state index in [1.165, 1.54) is 35.0 Å². The Morgan fingerprint density at radius 1 is 0.667 bits per heavy atom. The minimum Gasteiger partial charge on any atom is -0.480 e. The molecule has 3 unspecified atom stereocenters. The number of carboxylic acids is 2. The molecule has 4 aliphatic rings. The molecular weight excluding hydrogens is 927 g/mol. The first-order chi connectivity index (χ1) is 34.7. The summed E-state index contributed by atoms with van der Waals surface area (Å²) in [6.07, 6.45) is 8.69. The molecule has 382 valence electrons. The van der Waals surface area contributed by atoms with Crippen molar-refractivity contribution in [3.05, 3.63) is 112 Å². The summed E-state index contributed by atoms with van der Waals surface area (Å²) in [4.78, 5) is 93.5. The summed E-state index contributed by atoms with van der Waals surface area (Å²) in [5.41, 5.74) is 1.70. The number of aryl methyl sites for hydroxylation is 4. The van der Waals surface area contributed by atoms with Crippen LogP contribution in [0.2, 0.25) is 0 Å². The number of hydrogen-bond donors (Lipinski definition) is 10. The average Bonchev–Trinajstić information content (AvgIpc) is 3.39. The fourth-order valence-electron chi connectivity index (χ4n) is 9.89. The van der Waals surface area contributed by atoms with Gasteiger partial charge in [-0.1, -0.05) is 24.3 Å². The van der Waals surface area contributed by atoms with Crippen molar-refractivity contribution in [3.8, 4) is 0 Å². The number of benzene rings is 1. The zero-order valence-corrected chi connectivity index (χ0v) is 40.1. The number of piperidine rings is 2. The molecule has 7 heterocycles. The van der Waals surface area contributed by atoms with Crippen molar-refractivity contribution >= 4 is 47.5 Å². The lowest BCUT2D eigenvalue weighted by atomic mass is 9.84. The van der Waals surface area contributed by atoms with E-state index < -0.39 is 47.0 Å². The number of hydrogen-bond acceptors (Lipinski definition) is 13. The Bertz CT molecular complexity index is 2620. The van der Waals surface area contributed by atoms with Crippen molar-refractivity contribution < 1.29 is 49.2 Å². The van der Waals surface area contributed by atoms with Crippen LogP contribution in [0.5, 0.6) is 0 Å². The second kappa shape index (κ2) is 22.8. The molecule has 6 amide bonds. The molecule has 72 heavy (non-hydrogen) atoms. The largest absolute Gasteiger partial charge is 0.480 e. The number of carbonyl (C=O) groups is 6. The Morgan fingerprint density at radius 3 is 1.75 bits per heavy atom. The molecule has 2 saturated heterocycles. The highest BCUT2D eigenvalue weighted by molar-refractivity contribution is 5.97. The van der Waals surface area contributed by atoms with Crippen LogP contribution in [-0.2, 0) is 35.3 Å². The maximum absolute atomic E-state index is 13.6. The number of fused-ring (bicyclic) bond motifs is 2. The Kier molecular flexibility index (Phi) is 16.1. The van der Waals surface area contributed by atoms with Crippen LogP contribution in [0.15, 0.2) is 73.1 Å². The topological polar surface area (TPSA) is 301 Å². The minimum atomic E-state index is -1.79. The van der Waals surface area contributed by atoms with Crippen molar-refractivity contribution in [2.24, 2.45) is 0 Å². The quantitative estimate of drug-likeness (QED) is 0.0681. The third-order valence-electron chi connectivity index (χ3n) is 14.2. The van der Waals surface area contributed by atoms with Gasteiger partial charge in [0.05, 0.1) is 17.2 Å². The molecule has 8 rings (SSSR count). The van der Waals surface area contributed by atoms with Crippen LogP contribution >= 0.6 is 0 Å². The fourth-order valence-corrected chi connectivity index (χ4v) is 9.89. The average molecular weight is 990 g/mol. The summed E-state index contributed by atoms with van der Waals surface area (Å²) >= 11 is 0. The maximum Gasteiger partial charge on any atom is 0.329 e. The first-order valence-corrected chi connectivity index (χ1v) is 24.7. The van der Waals surface area contributed by atoms with Gasteiger partial charge in [0, 0.05) is 80.7 Å². The number of amides is 6. The molecule has 0 radical (unpaired) electrons.